The first-order valence-corrected chi connectivity index (χ1v) is 17.5. The van der Waals surface area contributed by atoms with Crippen molar-refractivity contribution in [1.29, 1.82) is 0 Å². The van der Waals surface area contributed by atoms with E-state index in [1.807, 2.05) is 32.2 Å². The lowest BCUT2D eigenvalue weighted by Crippen LogP contribution is -2.40. The Kier molecular flexibility index (Phi) is 5.50. The van der Waals surface area contributed by atoms with E-state index in [0.29, 0.717) is 41.2 Å². The number of hydrogen-bond donors (Lipinski definition) is 3. The number of ketones is 1. The molecule has 0 saturated heterocycles. The predicted molar refractivity (Wildman–Crippen MR) is 184 cm³/mol. The van der Waals surface area contributed by atoms with Crippen LogP contribution in [0.4, 0.5) is 5.69 Å². The summed E-state index contributed by atoms with van der Waals surface area (Å²) in [4.78, 5) is 40.7. The second-order valence-electron chi connectivity index (χ2n) is 14.8. The van der Waals surface area contributed by atoms with Crippen molar-refractivity contribution in [3.05, 3.63) is 95.3 Å². The topological polar surface area (TPSA) is 135 Å². The monoisotopic (exact) mass is 663 g/mol. The lowest BCUT2D eigenvalue weighted by atomic mass is 9.72. The first-order valence-electron chi connectivity index (χ1n) is 17.5. The van der Waals surface area contributed by atoms with Crippen LogP contribution >= 0.6 is 0 Å². The molecule has 3 aromatic carbocycles. The SMILES string of the molecule is CC(C)[C@@H]1NC(=O)C(CC(=O)C2CC2)Cc2ccc3c(c2)[C@]24c5cccc(c5NC2O3)-c2cccc3[nH]cc(c23)-c2cnc(o2)-c2nc1oc24. The lowest BCUT2D eigenvalue weighted by molar-refractivity contribution is -0.130. The number of nitrogens with zero attached hydrogens (tertiary/aromatic N) is 2. The van der Waals surface area contributed by atoms with E-state index in [2.05, 4.69) is 58.1 Å². The number of H-pyrrole nitrogens is 1. The van der Waals surface area contributed by atoms with E-state index in [-0.39, 0.29) is 29.9 Å². The minimum absolute atomic E-state index is 0.0654. The van der Waals surface area contributed by atoms with E-state index >= 15 is 0 Å². The average molecular weight is 664 g/mol. The third kappa shape index (κ3) is 3.68. The van der Waals surface area contributed by atoms with Gasteiger partial charge < -0.3 is 29.2 Å². The third-order valence-corrected chi connectivity index (χ3v) is 11.4. The number of hydrogen-bond acceptors (Lipinski definition) is 8. The van der Waals surface area contributed by atoms with Gasteiger partial charge in [-0.2, -0.15) is 0 Å². The number of para-hydroxylation sites is 1. The highest BCUT2D eigenvalue weighted by atomic mass is 16.5. The number of fused-ring (bicyclic) bond motifs is 7. The van der Waals surface area contributed by atoms with Crippen LogP contribution in [0, 0.1) is 17.8 Å². The van der Waals surface area contributed by atoms with Crippen molar-refractivity contribution in [2.24, 2.45) is 17.8 Å². The maximum Gasteiger partial charge on any atom is 0.249 e. The van der Waals surface area contributed by atoms with Gasteiger partial charge in [-0.15, -0.1) is 0 Å². The number of amides is 1. The molecule has 10 heteroatoms. The average Bonchev–Trinajstić information content (AvgIpc) is 3.46. The van der Waals surface area contributed by atoms with Crippen molar-refractivity contribution < 1.29 is 23.2 Å². The van der Waals surface area contributed by atoms with Gasteiger partial charge in [-0.3, -0.25) is 9.59 Å². The number of carbonyl (C=O) groups is 2. The van der Waals surface area contributed by atoms with Crippen molar-refractivity contribution in [2.45, 2.75) is 57.2 Å². The van der Waals surface area contributed by atoms with E-state index in [9.17, 15) is 9.59 Å². The van der Waals surface area contributed by atoms with Crippen LogP contribution in [0.1, 0.15) is 67.5 Å². The molecular formula is C40H33N5O5. The number of oxazole rings is 2. The molecule has 1 aliphatic carbocycles. The first-order chi connectivity index (χ1) is 24.4. The van der Waals surface area contributed by atoms with Gasteiger partial charge in [0, 0.05) is 63.3 Å². The summed E-state index contributed by atoms with van der Waals surface area (Å²) < 4.78 is 20.5. The van der Waals surface area contributed by atoms with E-state index < -0.39 is 23.6 Å². The molecule has 11 rings (SSSR count). The second-order valence-corrected chi connectivity index (χ2v) is 14.8. The molecule has 10 bridgehead atoms. The van der Waals surface area contributed by atoms with Gasteiger partial charge in [-0.1, -0.05) is 56.3 Å². The second kappa shape index (κ2) is 9.74. The van der Waals surface area contributed by atoms with E-state index in [1.165, 1.54) is 0 Å². The number of Topliss-reactive ketones (excluding diaryl/α,β-unsaturated/α-hetero) is 1. The molecule has 50 heavy (non-hydrogen) atoms. The lowest BCUT2D eigenvalue weighted by Gasteiger charge is -2.28. The summed E-state index contributed by atoms with van der Waals surface area (Å²) >= 11 is 0. The first kappa shape index (κ1) is 28.2. The number of nitrogens with one attached hydrogen (secondary N) is 3. The van der Waals surface area contributed by atoms with Crippen molar-refractivity contribution in [2.75, 3.05) is 5.32 Å². The molecule has 7 heterocycles. The Morgan fingerprint density at radius 1 is 1.00 bits per heavy atom. The maximum absolute atomic E-state index is 14.1. The number of aromatic nitrogens is 3. The van der Waals surface area contributed by atoms with E-state index in [0.717, 1.165) is 62.8 Å². The molecule has 1 amide bonds. The van der Waals surface area contributed by atoms with E-state index in [1.54, 1.807) is 6.20 Å². The normalized spacial score (nSPS) is 23.8. The van der Waals surface area contributed by atoms with Crippen LogP contribution in [0.5, 0.6) is 5.75 Å². The standard InChI is InChI=1S/C40H33N5O5/c1-18(2)32-38-44-34-35(50-38)40-25-7-3-6-23(22-5-4-8-27-31(22)24(16-41-27)30-17-42-37(34)48-30)33(25)45-39(40)49-29-12-9-19(14-26(29)40)13-21(36(47)43-32)15-28(46)20-10-11-20/h3-9,12,14,16-18,20-21,32,39,41,45H,10-11,13,15H2,1-2H3,(H,43,47)/t21?,32-,39?,40-/m0/s1. The number of aromatic amines is 1. The Hall–Kier alpha value is -5.64. The highest BCUT2D eigenvalue weighted by Crippen LogP contribution is 2.61. The molecule has 4 aliphatic heterocycles. The molecule has 2 unspecified atom stereocenters. The van der Waals surface area contributed by atoms with Crippen LogP contribution in [0.25, 0.3) is 44.9 Å². The van der Waals surface area contributed by atoms with Gasteiger partial charge in [-0.25, -0.2) is 9.97 Å². The highest BCUT2D eigenvalue weighted by Gasteiger charge is 2.61. The highest BCUT2D eigenvalue weighted by molar-refractivity contribution is 6.07. The molecule has 4 atom stereocenters. The largest absolute Gasteiger partial charge is 0.469 e. The van der Waals surface area contributed by atoms with Crippen molar-refractivity contribution in [3.63, 3.8) is 0 Å². The Balaban J connectivity index is 1.24. The molecule has 10 nitrogen and oxygen atoms in total. The Labute approximate surface area is 286 Å². The number of carbonyl (C=O) groups excluding carboxylic acids is 2. The van der Waals surface area contributed by atoms with Crippen molar-refractivity contribution >= 4 is 28.3 Å². The number of ether oxygens (including phenoxy) is 1. The van der Waals surface area contributed by atoms with Crippen LogP contribution in [0.2, 0.25) is 0 Å². The molecule has 1 saturated carbocycles. The van der Waals surface area contributed by atoms with Gasteiger partial charge >= 0.3 is 0 Å². The number of benzene rings is 3. The summed E-state index contributed by atoms with van der Waals surface area (Å²) in [5.74, 6) is 1.96. The maximum atomic E-state index is 14.1. The molecule has 5 aliphatic rings. The number of anilines is 1. The van der Waals surface area contributed by atoms with Gasteiger partial charge in [0.15, 0.2) is 23.4 Å². The molecular weight excluding hydrogens is 630 g/mol. The smallest absolute Gasteiger partial charge is 0.249 e. The van der Waals surface area contributed by atoms with Crippen molar-refractivity contribution in [1.82, 2.24) is 20.3 Å². The molecule has 3 N–H and O–H groups in total. The van der Waals surface area contributed by atoms with Gasteiger partial charge in [-0.05, 0) is 48.4 Å². The zero-order valence-corrected chi connectivity index (χ0v) is 27.5. The molecule has 0 radical (unpaired) electrons. The summed E-state index contributed by atoms with van der Waals surface area (Å²) in [5.41, 5.74) is 7.22. The minimum Gasteiger partial charge on any atom is -0.469 e. The molecule has 3 aromatic heterocycles. The quantitative estimate of drug-likeness (QED) is 0.179. The van der Waals surface area contributed by atoms with Crippen LogP contribution in [-0.2, 0) is 21.4 Å². The zero-order valence-electron chi connectivity index (χ0n) is 27.5. The predicted octanol–water partition coefficient (Wildman–Crippen LogP) is 7.29. The van der Waals surface area contributed by atoms with Gasteiger partial charge in [0.25, 0.3) is 0 Å². The third-order valence-electron chi connectivity index (χ3n) is 11.4. The molecule has 248 valence electrons. The Bertz CT molecular complexity index is 2450. The van der Waals surface area contributed by atoms with Crippen LogP contribution < -0.4 is 15.4 Å². The summed E-state index contributed by atoms with van der Waals surface area (Å²) in [6, 6.07) is 18.2. The van der Waals surface area contributed by atoms with Gasteiger partial charge in [0.1, 0.15) is 23.0 Å². The molecule has 6 aromatic rings. The fourth-order valence-corrected chi connectivity index (χ4v) is 8.79. The fourth-order valence-electron chi connectivity index (χ4n) is 8.79. The summed E-state index contributed by atoms with van der Waals surface area (Å²) in [5, 5.41) is 8.09. The van der Waals surface area contributed by atoms with Gasteiger partial charge in [0.05, 0.1) is 6.20 Å². The summed E-state index contributed by atoms with van der Waals surface area (Å²) in [6.45, 7) is 4.06. The Morgan fingerprint density at radius 2 is 1.86 bits per heavy atom. The minimum atomic E-state index is -0.982. The fraction of sp³-hybridized carbons (Fsp3) is 0.300. The summed E-state index contributed by atoms with van der Waals surface area (Å²) in [7, 11) is 0. The van der Waals surface area contributed by atoms with Crippen LogP contribution in [0.15, 0.2) is 75.8 Å². The van der Waals surface area contributed by atoms with Crippen LogP contribution in [-0.4, -0.2) is 32.9 Å². The van der Waals surface area contributed by atoms with Crippen molar-refractivity contribution in [3.8, 4) is 39.8 Å². The van der Waals surface area contributed by atoms with Gasteiger partial charge in [0.2, 0.25) is 17.7 Å². The summed E-state index contributed by atoms with van der Waals surface area (Å²) in [6.07, 6.45) is 5.54. The molecule has 1 fully saturated rings. The van der Waals surface area contributed by atoms with Crippen LogP contribution in [0.3, 0.4) is 0 Å². The number of rotatable bonds is 4. The zero-order chi connectivity index (χ0) is 33.5. The molecule has 1 spiro atoms. The Morgan fingerprint density at radius 3 is 2.72 bits per heavy atom. The van der Waals surface area contributed by atoms with E-state index in [4.69, 9.17) is 23.5 Å².